The van der Waals surface area contributed by atoms with Crippen LogP contribution < -0.4 is 10.2 Å². The summed E-state index contributed by atoms with van der Waals surface area (Å²) in [7, 11) is 0. The number of amides is 1. The number of hydrogen-bond donors (Lipinski definition) is 1. The second kappa shape index (κ2) is 6.36. The normalized spacial score (nSPS) is 25.4. The molecular formula is C19H27N3OS. The van der Waals surface area contributed by atoms with Gasteiger partial charge in [-0.25, -0.2) is 0 Å². The smallest absolute Gasteiger partial charge is 0.229 e. The molecule has 5 heteroatoms. The fourth-order valence-corrected chi connectivity index (χ4v) is 4.61. The number of rotatable bonds is 3. The largest absolute Gasteiger partial charge is 0.358 e. The molecule has 130 valence electrons. The van der Waals surface area contributed by atoms with E-state index in [1.165, 1.54) is 5.56 Å². The molecule has 1 N–H and O–H groups in total. The zero-order chi connectivity index (χ0) is 17.5. The molecule has 0 aromatic heterocycles. The first-order valence-corrected chi connectivity index (χ1v) is 9.18. The molecule has 2 heterocycles. The van der Waals surface area contributed by atoms with Gasteiger partial charge in [0.05, 0.1) is 0 Å². The first-order chi connectivity index (χ1) is 11.3. The van der Waals surface area contributed by atoms with E-state index in [1.54, 1.807) is 0 Å². The van der Waals surface area contributed by atoms with Crippen LogP contribution >= 0.6 is 12.2 Å². The number of hydrogen-bond acceptors (Lipinski definition) is 2. The molecule has 3 rings (SSSR count). The van der Waals surface area contributed by atoms with Crippen molar-refractivity contribution in [2.75, 3.05) is 11.4 Å². The van der Waals surface area contributed by atoms with Gasteiger partial charge in [0.15, 0.2) is 5.11 Å². The Kier molecular flexibility index (Phi) is 4.56. The van der Waals surface area contributed by atoms with Crippen LogP contribution in [0.4, 0.5) is 5.69 Å². The molecule has 0 radical (unpaired) electrons. The summed E-state index contributed by atoms with van der Waals surface area (Å²) in [6.45, 7) is 9.32. The maximum atomic E-state index is 12.8. The average Bonchev–Trinajstić information content (AvgIpc) is 2.80. The van der Waals surface area contributed by atoms with E-state index in [0.717, 1.165) is 23.6 Å². The molecule has 1 fully saturated rings. The second-order valence-electron chi connectivity index (χ2n) is 7.76. The van der Waals surface area contributed by atoms with Gasteiger partial charge in [-0.1, -0.05) is 18.2 Å². The van der Waals surface area contributed by atoms with E-state index in [2.05, 4.69) is 50.0 Å². The molecule has 0 unspecified atom stereocenters. The third-order valence-corrected chi connectivity index (χ3v) is 5.42. The van der Waals surface area contributed by atoms with Crippen molar-refractivity contribution in [2.24, 2.45) is 0 Å². The number of fused-ring (bicyclic) bond motifs is 1. The van der Waals surface area contributed by atoms with Crippen LogP contribution in [0, 0.1) is 0 Å². The van der Waals surface area contributed by atoms with E-state index >= 15 is 0 Å². The Hall–Kier alpha value is -1.62. The fraction of sp³-hybridized carbons (Fsp3) is 0.579. The van der Waals surface area contributed by atoms with Crippen molar-refractivity contribution >= 4 is 28.9 Å². The first-order valence-electron chi connectivity index (χ1n) is 8.77. The van der Waals surface area contributed by atoms with Crippen LogP contribution in [0.2, 0.25) is 0 Å². The molecule has 1 saturated heterocycles. The number of thiocarbonyl (C=S) groups is 1. The molecule has 0 spiro atoms. The van der Waals surface area contributed by atoms with Gasteiger partial charge in [-0.05, 0) is 64.4 Å². The maximum Gasteiger partial charge on any atom is 0.229 e. The highest BCUT2D eigenvalue weighted by Crippen LogP contribution is 2.32. The molecule has 2 atom stereocenters. The number of anilines is 1. The summed E-state index contributed by atoms with van der Waals surface area (Å²) in [4.78, 5) is 17.0. The lowest BCUT2D eigenvalue weighted by Gasteiger charge is -2.44. The molecule has 4 nitrogen and oxygen atoms in total. The summed E-state index contributed by atoms with van der Waals surface area (Å²) in [5, 5.41) is 4.15. The summed E-state index contributed by atoms with van der Waals surface area (Å²) in [5.41, 5.74) is 2.37. The highest BCUT2D eigenvalue weighted by Gasteiger charge is 2.34. The molecule has 2 aliphatic rings. The predicted molar refractivity (Wildman–Crippen MR) is 102 cm³/mol. The van der Waals surface area contributed by atoms with Crippen LogP contribution in [0.25, 0.3) is 0 Å². The van der Waals surface area contributed by atoms with Crippen LogP contribution in [0.1, 0.15) is 46.1 Å². The van der Waals surface area contributed by atoms with Crippen molar-refractivity contribution in [1.82, 2.24) is 10.2 Å². The molecule has 24 heavy (non-hydrogen) atoms. The Morgan fingerprint density at radius 1 is 1.29 bits per heavy atom. The number of para-hydroxylation sites is 1. The zero-order valence-electron chi connectivity index (χ0n) is 15.0. The molecular weight excluding hydrogens is 318 g/mol. The molecule has 0 bridgehead atoms. The highest BCUT2D eigenvalue weighted by atomic mass is 32.1. The van der Waals surface area contributed by atoms with Crippen LogP contribution in [0.5, 0.6) is 0 Å². The van der Waals surface area contributed by atoms with Gasteiger partial charge in [0.2, 0.25) is 5.91 Å². The average molecular weight is 346 g/mol. The van der Waals surface area contributed by atoms with Gasteiger partial charge in [-0.2, -0.15) is 0 Å². The third-order valence-electron chi connectivity index (χ3n) is 5.09. The lowest BCUT2D eigenvalue weighted by molar-refractivity contribution is -0.119. The number of nitrogens with one attached hydrogen (secondary N) is 1. The number of benzene rings is 1. The predicted octanol–water partition coefficient (Wildman–Crippen LogP) is 3.10. The van der Waals surface area contributed by atoms with Gasteiger partial charge < -0.3 is 15.1 Å². The summed E-state index contributed by atoms with van der Waals surface area (Å²) < 4.78 is 0. The van der Waals surface area contributed by atoms with Gasteiger partial charge in [0.1, 0.15) is 0 Å². The van der Waals surface area contributed by atoms with Gasteiger partial charge in [0.25, 0.3) is 0 Å². The van der Waals surface area contributed by atoms with Gasteiger partial charge in [-0.15, -0.1) is 0 Å². The highest BCUT2D eigenvalue weighted by molar-refractivity contribution is 7.80. The number of carbonyl (C=O) groups is 1. The van der Waals surface area contributed by atoms with E-state index in [1.807, 2.05) is 17.0 Å². The first kappa shape index (κ1) is 17.2. The number of carbonyl (C=O) groups excluding carboxylic acids is 1. The fourth-order valence-electron chi connectivity index (χ4n) is 4.07. The van der Waals surface area contributed by atoms with E-state index in [-0.39, 0.29) is 17.5 Å². The quantitative estimate of drug-likeness (QED) is 0.854. The summed E-state index contributed by atoms with van der Waals surface area (Å²) >= 11 is 5.52. The molecule has 1 amide bonds. The Morgan fingerprint density at radius 2 is 2.00 bits per heavy atom. The van der Waals surface area contributed by atoms with Crippen LogP contribution in [0.3, 0.4) is 0 Å². The van der Waals surface area contributed by atoms with Gasteiger partial charge in [-0.3, -0.25) is 4.79 Å². The van der Waals surface area contributed by atoms with E-state index in [4.69, 9.17) is 12.2 Å². The Bertz CT molecular complexity index is 658. The van der Waals surface area contributed by atoms with Crippen molar-refractivity contribution in [1.29, 1.82) is 0 Å². The monoisotopic (exact) mass is 345 g/mol. The maximum absolute atomic E-state index is 12.8. The van der Waals surface area contributed by atoms with E-state index in [9.17, 15) is 4.79 Å². The lowest BCUT2D eigenvalue weighted by atomic mass is 9.93. The minimum atomic E-state index is 0.0272. The zero-order valence-corrected chi connectivity index (χ0v) is 15.8. The van der Waals surface area contributed by atoms with Crippen molar-refractivity contribution in [3.8, 4) is 0 Å². The lowest BCUT2D eigenvalue weighted by Crippen LogP contribution is -2.60. The topological polar surface area (TPSA) is 35.6 Å². The van der Waals surface area contributed by atoms with E-state index < -0.39 is 0 Å². The van der Waals surface area contributed by atoms with Crippen molar-refractivity contribution in [2.45, 2.75) is 64.6 Å². The van der Waals surface area contributed by atoms with Crippen LogP contribution in [0.15, 0.2) is 24.3 Å². The summed E-state index contributed by atoms with van der Waals surface area (Å²) in [5.74, 6) is 0.187. The molecule has 1 aromatic carbocycles. The van der Waals surface area contributed by atoms with Crippen molar-refractivity contribution in [3.63, 3.8) is 0 Å². The third kappa shape index (κ3) is 3.27. The Balaban J connectivity index is 1.65. The SMILES string of the molecule is C[C@H]1CC(C)(C)NC(=S)N1CCC(=O)N1c2ccccc2C[C@@H]1C. The Labute approximate surface area is 150 Å². The van der Waals surface area contributed by atoms with Crippen LogP contribution in [-0.2, 0) is 11.2 Å². The molecule has 2 aliphatic heterocycles. The van der Waals surface area contributed by atoms with Gasteiger partial charge in [0, 0.05) is 36.3 Å². The minimum Gasteiger partial charge on any atom is -0.358 e. The van der Waals surface area contributed by atoms with Crippen molar-refractivity contribution < 1.29 is 4.79 Å². The van der Waals surface area contributed by atoms with Gasteiger partial charge >= 0.3 is 0 Å². The molecule has 0 saturated carbocycles. The van der Waals surface area contributed by atoms with Crippen LogP contribution in [-0.4, -0.2) is 40.1 Å². The molecule has 1 aromatic rings. The second-order valence-corrected chi connectivity index (χ2v) is 8.14. The standard InChI is InChI=1S/C19H27N3OS/c1-13-11-15-7-5-6-8-16(15)22(13)17(23)9-10-21-14(2)12-19(3,4)20-18(21)24/h5-8,13-14H,9-12H2,1-4H3,(H,20,24)/t13-,14-/m0/s1. The number of nitrogens with zero attached hydrogens (tertiary/aromatic N) is 2. The summed E-state index contributed by atoms with van der Waals surface area (Å²) in [6.07, 6.45) is 2.45. The minimum absolute atomic E-state index is 0.0272. The van der Waals surface area contributed by atoms with Crippen molar-refractivity contribution in [3.05, 3.63) is 29.8 Å². The molecule has 0 aliphatic carbocycles. The summed E-state index contributed by atoms with van der Waals surface area (Å²) in [6, 6.07) is 8.80. The Morgan fingerprint density at radius 3 is 2.71 bits per heavy atom. The van der Waals surface area contributed by atoms with E-state index in [0.29, 0.717) is 19.0 Å².